The van der Waals surface area contributed by atoms with Gasteiger partial charge in [-0.25, -0.2) is 13.4 Å². The van der Waals surface area contributed by atoms with Crippen molar-refractivity contribution in [2.75, 3.05) is 0 Å². The van der Waals surface area contributed by atoms with E-state index in [4.69, 9.17) is 16.3 Å². The first kappa shape index (κ1) is 19.6. The summed E-state index contributed by atoms with van der Waals surface area (Å²) in [5, 5.41) is 0.403. The Kier molecular flexibility index (Phi) is 4.71. The molecule has 1 aliphatic carbocycles. The molecular formula is C20H17ClN2O5S. The molecule has 0 radical (unpaired) electrons. The van der Waals surface area contributed by atoms with E-state index in [0.29, 0.717) is 10.7 Å². The second-order valence-electron chi connectivity index (χ2n) is 7.05. The van der Waals surface area contributed by atoms with E-state index in [9.17, 15) is 18.0 Å². The molecule has 0 saturated heterocycles. The smallest absolute Gasteiger partial charge is 0.328 e. The maximum Gasteiger partial charge on any atom is 0.328 e. The van der Waals surface area contributed by atoms with Crippen molar-refractivity contribution >= 4 is 33.1 Å². The van der Waals surface area contributed by atoms with Gasteiger partial charge in [0.15, 0.2) is 14.6 Å². The van der Waals surface area contributed by atoms with Gasteiger partial charge in [-0.1, -0.05) is 11.6 Å². The van der Waals surface area contributed by atoms with Gasteiger partial charge in [-0.05, 0) is 61.7 Å². The van der Waals surface area contributed by atoms with Crippen molar-refractivity contribution in [2.45, 2.75) is 36.0 Å². The van der Waals surface area contributed by atoms with Crippen LogP contribution in [0.5, 0.6) is 0 Å². The fourth-order valence-corrected chi connectivity index (χ4v) is 5.12. The van der Waals surface area contributed by atoms with Crippen molar-refractivity contribution in [2.24, 2.45) is 0 Å². The van der Waals surface area contributed by atoms with Crippen LogP contribution in [0.1, 0.15) is 24.1 Å². The summed E-state index contributed by atoms with van der Waals surface area (Å²) in [6.07, 6.45) is 1.99. The van der Waals surface area contributed by atoms with Gasteiger partial charge in [0.05, 0.1) is 10.6 Å². The SMILES string of the molecule is Cc1ccn2c(=O)cc(COC(=O)C3(S(=O)(=O)c4ccc(Cl)cc4)CC3)nc2c1. The Morgan fingerprint density at radius 3 is 2.55 bits per heavy atom. The van der Waals surface area contributed by atoms with Crippen LogP contribution in [0.3, 0.4) is 0 Å². The number of fused-ring (bicyclic) bond motifs is 1. The normalized spacial score (nSPS) is 15.2. The van der Waals surface area contributed by atoms with Crippen LogP contribution in [-0.2, 0) is 26.0 Å². The summed E-state index contributed by atoms with van der Waals surface area (Å²) in [6, 6.07) is 10.5. The van der Waals surface area contributed by atoms with Gasteiger partial charge in [0.2, 0.25) is 0 Å². The second-order valence-corrected chi connectivity index (χ2v) is 9.74. The first-order valence-electron chi connectivity index (χ1n) is 8.89. The summed E-state index contributed by atoms with van der Waals surface area (Å²) in [5.41, 5.74) is 1.31. The molecule has 2 heterocycles. The zero-order chi connectivity index (χ0) is 20.8. The van der Waals surface area contributed by atoms with Gasteiger partial charge in [-0.15, -0.1) is 0 Å². The van der Waals surface area contributed by atoms with E-state index < -0.39 is 20.6 Å². The number of benzene rings is 1. The molecule has 0 spiro atoms. The Morgan fingerprint density at radius 1 is 1.21 bits per heavy atom. The minimum Gasteiger partial charge on any atom is -0.458 e. The molecule has 0 amide bonds. The molecule has 4 rings (SSSR count). The Balaban J connectivity index is 1.56. The molecule has 0 N–H and O–H groups in total. The molecule has 0 aliphatic heterocycles. The van der Waals surface area contributed by atoms with Gasteiger partial charge in [0, 0.05) is 17.3 Å². The van der Waals surface area contributed by atoms with Crippen LogP contribution in [0, 0.1) is 6.92 Å². The van der Waals surface area contributed by atoms with E-state index in [1.54, 1.807) is 18.3 Å². The summed E-state index contributed by atoms with van der Waals surface area (Å²) in [4.78, 5) is 29.2. The van der Waals surface area contributed by atoms with Crippen molar-refractivity contribution in [3.8, 4) is 0 Å². The number of aryl methyl sites for hydroxylation is 1. The van der Waals surface area contributed by atoms with E-state index in [2.05, 4.69) is 4.98 Å². The van der Waals surface area contributed by atoms with Crippen LogP contribution in [0.25, 0.3) is 5.65 Å². The minimum absolute atomic E-state index is 0.0221. The zero-order valence-electron chi connectivity index (χ0n) is 15.5. The predicted molar refractivity (Wildman–Crippen MR) is 107 cm³/mol. The standard InChI is InChI=1S/C20H17ClN2O5S/c1-13-6-9-23-17(10-13)22-15(11-18(23)24)12-28-19(25)20(7-8-20)29(26,27)16-4-2-14(21)3-5-16/h2-6,9-11H,7-8,12H2,1H3. The van der Waals surface area contributed by atoms with Crippen molar-refractivity contribution in [1.82, 2.24) is 9.38 Å². The van der Waals surface area contributed by atoms with Crippen LogP contribution in [0.4, 0.5) is 0 Å². The molecule has 29 heavy (non-hydrogen) atoms. The van der Waals surface area contributed by atoms with Gasteiger partial charge in [0.1, 0.15) is 12.3 Å². The van der Waals surface area contributed by atoms with Gasteiger partial charge in [0.25, 0.3) is 5.56 Å². The molecule has 1 aromatic carbocycles. The Morgan fingerprint density at radius 2 is 1.90 bits per heavy atom. The first-order valence-corrected chi connectivity index (χ1v) is 10.8. The largest absolute Gasteiger partial charge is 0.458 e. The highest BCUT2D eigenvalue weighted by atomic mass is 35.5. The van der Waals surface area contributed by atoms with Crippen LogP contribution in [0.2, 0.25) is 5.02 Å². The summed E-state index contributed by atoms with van der Waals surface area (Å²) in [5.74, 6) is -0.835. The maximum atomic E-state index is 12.9. The molecule has 3 aromatic rings. The summed E-state index contributed by atoms with van der Waals surface area (Å²) >= 11 is 5.82. The monoisotopic (exact) mass is 432 g/mol. The number of pyridine rings is 1. The van der Waals surface area contributed by atoms with Crippen LogP contribution >= 0.6 is 11.6 Å². The molecule has 1 fully saturated rings. The van der Waals surface area contributed by atoms with Crippen LogP contribution < -0.4 is 5.56 Å². The first-order chi connectivity index (χ1) is 13.7. The number of carbonyl (C=O) groups excluding carboxylic acids is 1. The van der Waals surface area contributed by atoms with Crippen molar-refractivity contribution in [3.05, 3.63) is 75.3 Å². The molecule has 0 atom stereocenters. The number of sulfone groups is 1. The maximum absolute atomic E-state index is 12.9. The lowest BCUT2D eigenvalue weighted by Gasteiger charge is -2.15. The van der Waals surface area contributed by atoms with Gasteiger partial charge < -0.3 is 4.74 Å². The van der Waals surface area contributed by atoms with Crippen LogP contribution in [0.15, 0.2) is 58.4 Å². The lowest BCUT2D eigenvalue weighted by Crippen LogP contribution is -2.34. The number of ether oxygens (including phenoxy) is 1. The number of esters is 1. The second kappa shape index (κ2) is 6.96. The highest BCUT2D eigenvalue weighted by molar-refractivity contribution is 7.94. The van der Waals surface area contributed by atoms with Gasteiger partial charge >= 0.3 is 5.97 Å². The molecule has 1 saturated carbocycles. The topological polar surface area (TPSA) is 94.8 Å². The molecule has 150 valence electrons. The van der Waals surface area contributed by atoms with Crippen molar-refractivity contribution in [3.63, 3.8) is 0 Å². The van der Waals surface area contributed by atoms with E-state index in [1.165, 1.54) is 34.7 Å². The number of rotatable bonds is 5. The molecule has 0 unspecified atom stereocenters. The Labute approximate surface area is 171 Å². The summed E-state index contributed by atoms with van der Waals surface area (Å²) in [7, 11) is -3.92. The fraction of sp³-hybridized carbons (Fsp3) is 0.250. The number of halogens is 1. The Bertz CT molecular complexity index is 1280. The number of nitrogens with zero attached hydrogens (tertiary/aromatic N) is 2. The molecule has 7 nitrogen and oxygen atoms in total. The average molecular weight is 433 g/mol. The van der Waals surface area contributed by atoms with Crippen molar-refractivity contribution in [1.29, 1.82) is 0 Å². The Hall–Kier alpha value is -2.71. The molecule has 9 heteroatoms. The lowest BCUT2D eigenvalue weighted by molar-refractivity contribution is -0.145. The number of carbonyl (C=O) groups is 1. The average Bonchev–Trinajstić information content (AvgIpc) is 3.49. The van der Waals surface area contributed by atoms with Gasteiger partial charge in [-0.3, -0.25) is 14.0 Å². The third-order valence-electron chi connectivity index (χ3n) is 4.94. The predicted octanol–water partition coefficient (Wildman–Crippen LogP) is 2.71. The van der Waals surface area contributed by atoms with Gasteiger partial charge in [-0.2, -0.15) is 0 Å². The van der Waals surface area contributed by atoms with E-state index in [0.717, 1.165) is 5.56 Å². The van der Waals surface area contributed by atoms with E-state index in [1.807, 2.05) is 6.92 Å². The van der Waals surface area contributed by atoms with E-state index >= 15 is 0 Å². The molecule has 2 aromatic heterocycles. The highest BCUT2D eigenvalue weighted by Crippen LogP contribution is 2.48. The molecule has 1 aliphatic rings. The molecular weight excluding hydrogens is 416 g/mol. The highest BCUT2D eigenvalue weighted by Gasteiger charge is 2.62. The fourth-order valence-electron chi connectivity index (χ4n) is 3.13. The van der Waals surface area contributed by atoms with Crippen molar-refractivity contribution < 1.29 is 17.9 Å². The van der Waals surface area contributed by atoms with E-state index in [-0.39, 0.29) is 35.6 Å². The number of hydrogen-bond donors (Lipinski definition) is 0. The quantitative estimate of drug-likeness (QED) is 0.575. The third-order valence-corrected chi connectivity index (χ3v) is 7.69. The molecule has 0 bridgehead atoms. The minimum atomic E-state index is -3.92. The summed E-state index contributed by atoms with van der Waals surface area (Å²) < 4.78 is 30.9. The summed E-state index contributed by atoms with van der Waals surface area (Å²) in [6.45, 7) is 1.59. The van der Waals surface area contributed by atoms with Crippen LogP contribution in [-0.4, -0.2) is 28.5 Å². The zero-order valence-corrected chi connectivity index (χ0v) is 17.0. The number of aromatic nitrogens is 2. The third kappa shape index (κ3) is 3.42. The number of hydrogen-bond acceptors (Lipinski definition) is 6. The lowest BCUT2D eigenvalue weighted by atomic mass is 10.3.